The lowest BCUT2D eigenvalue weighted by atomic mass is 9.93. The molecule has 12 heavy (non-hydrogen) atoms. The maximum absolute atomic E-state index is 5.76. The number of alkyl halides is 1. The maximum atomic E-state index is 5.76. The molecule has 58 valence electrons. The summed E-state index contributed by atoms with van der Waals surface area (Å²) in [6.45, 7) is 0. The summed E-state index contributed by atoms with van der Waals surface area (Å²) < 4.78 is 5.21. The molecule has 0 fully saturated rings. The number of hydrogen-bond acceptors (Lipinski definition) is 1. The van der Waals surface area contributed by atoms with Crippen LogP contribution in [0.3, 0.4) is 0 Å². The Kier molecular flexibility index (Phi) is 1.97. The summed E-state index contributed by atoms with van der Waals surface area (Å²) >= 11 is 3.38. The van der Waals surface area contributed by atoms with E-state index in [0.29, 0.717) is 5.46 Å². The van der Waals surface area contributed by atoms with Crippen LogP contribution in [-0.4, -0.2) is 7.85 Å². The van der Waals surface area contributed by atoms with E-state index in [0.717, 1.165) is 16.3 Å². The second kappa shape index (κ2) is 2.98. The molecule has 1 aromatic carbocycles. The molecule has 2 rings (SSSR count). The van der Waals surface area contributed by atoms with E-state index in [-0.39, 0.29) is 0 Å². The smallest absolute Gasteiger partial charge is 0.126 e. The Morgan fingerprint density at radius 3 is 3.00 bits per heavy atom. The van der Waals surface area contributed by atoms with Crippen molar-refractivity contribution in [3.05, 3.63) is 30.0 Å². The average Bonchev–Trinajstić information content (AvgIpc) is 2.52. The first-order valence-electron chi connectivity index (χ1n) is 3.63. The van der Waals surface area contributed by atoms with Gasteiger partial charge >= 0.3 is 0 Å². The molecule has 0 aliphatic heterocycles. The van der Waals surface area contributed by atoms with Gasteiger partial charge in [-0.25, -0.2) is 0 Å². The van der Waals surface area contributed by atoms with E-state index in [4.69, 9.17) is 12.3 Å². The van der Waals surface area contributed by atoms with E-state index >= 15 is 0 Å². The number of halogens is 1. The number of rotatable bonds is 1. The summed E-state index contributed by atoms with van der Waals surface area (Å²) in [5, 5.41) is 1.88. The Balaban J connectivity index is 2.75. The summed E-state index contributed by atoms with van der Waals surface area (Å²) in [6, 6.07) is 5.89. The average molecular weight is 221 g/mol. The van der Waals surface area contributed by atoms with Gasteiger partial charge in [-0.2, -0.15) is 0 Å². The first-order valence-corrected chi connectivity index (χ1v) is 4.75. The van der Waals surface area contributed by atoms with Crippen molar-refractivity contribution in [1.82, 2.24) is 0 Å². The minimum absolute atomic E-state index is 0.701. The van der Waals surface area contributed by atoms with Gasteiger partial charge < -0.3 is 4.42 Å². The number of benzene rings is 1. The van der Waals surface area contributed by atoms with Gasteiger partial charge in [0.2, 0.25) is 0 Å². The third-order valence-electron chi connectivity index (χ3n) is 1.79. The molecule has 0 unspecified atom stereocenters. The van der Waals surface area contributed by atoms with Crippen molar-refractivity contribution in [1.29, 1.82) is 0 Å². The zero-order valence-corrected chi connectivity index (χ0v) is 7.97. The molecule has 2 aromatic rings. The predicted molar refractivity (Wildman–Crippen MR) is 54.2 cm³/mol. The highest BCUT2D eigenvalue weighted by molar-refractivity contribution is 9.08. The SMILES string of the molecule is [B]c1cc(CBr)cc2ccoc12. The zero-order chi connectivity index (χ0) is 8.55. The van der Waals surface area contributed by atoms with Gasteiger partial charge in [0.25, 0.3) is 0 Å². The van der Waals surface area contributed by atoms with Gasteiger partial charge in [-0.05, 0) is 17.7 Å². The Morgan fingerprint density at radius 1 is 1.42 bits per heavy atom. The fraction of sp³-hybridized carbons (Fsp3) is 0.111. The number of hydrogen-bond donors (Lipinski definition) is 0. The molecule has 1 heterocycles. The van der Waals surface area contributed by atoms with Crippen molar-refractivity contribution in [2.75, 3.05) is 0 Å². The van der Waals surface area contributed by atoms with Gasteiger partial charge in [0, 0.05) is 10.7 Å². The molecule has 1 nitrogen and oxygen atoms in total. The minimum atomic E-state index is 0.701. The van der Waals surface area contributed by atoms with Gasteiger partial charge in [-0.15, -0.1) is 0 Å². The molecule has 0 saturated heterocycles. The monoisotopic (exact) mass is 220 g/mol. The minimum Gasteiger partial charge on any atom is -0.465 e. The molecule has 0 spiro atoms. The quantitative estimate of drug-likeness (QED) is 0.530. The number of fused-ring (bicyclic) bond motifs is 1. The van der Waals surface area contributed by atoms with Crippen LogP contribution < -0.4 is 5.46 Å². The fourth-order valence-corrected chi connectivity index (χ4v) is 1.58. The molecule has 0 atom stereocenters. The van der Waals surface area contributed by atoms with Crippen molar-refractivity contribution in [2.45, 2.75) is 5.33 Å². The standard InChI is InChI=1S/C9H6BBrO/c10-8-4-6(5-11)3-7-1-2-12-9(7)8/h1-4H,5H2. The molecule has 1 aromatic heterocycles. The van der Waals surface area contributed by atoms with Crippen LogP contribution in [0.1, 0.15) is 5.56 Å². The molecular formula is C9H6BBrO. The van der Waals surface area contributed by atoms with Gasteiger partial charge in [-0.3, -0.25) is 0 Å². The van der Waals surface area contributed by atoms with Crippen LogP contribution >= 0.6 is 15.9 Å². The molecule has 3 heteroatoms. The lowest BCUT2D eigenvalue weighted by Gasteiger charge is -1.99. The molecule has 0 saturated carbocycles. The van der Waals surface area contributed by atoms with Crippen LogP contribution in [0.15, 0.2) is 28.9 Å². The van der Waals surface area contributed by atoms with Crippen LogP contribution in [-0.2, 0) is 5.33 Å². The van der Waals surface area contributed by atoms with Crippen molar-refractivity contribution < 1.29 is 4.42 Å². The van der Waals surface area contributed by atoms with E-state index in [2.05, 4.69) is 22.0 Å². The predicted octanol–water partition coefficient (Wildman–Crippen LogP) is 2.12. The van der Waals surface area contributed by atoms with Gasteiger partial charge in [0.1, 0.15) is 13.4 Å². The largest absolute Gasteiger partial charge is 0.465 e. The first-order chi connectivity index (χ1) is 5.81. The van der Waals surface area contributed by atoms with E-state index < -0.39 is 0 Å². The van der Waals surface area contributed by atoms with Crippen LogP contribution in [0.5, 0.6) is 0 Å². The lowest BCUT2D eigenvalue weighted by Crippen LogP contribution is -2.03. The highest BCUT2D eigenvalue weighted by Crippen LogP contribution is 2.16. The second-order valence-corrected chi connectivity index (χ2v) is 3.22. The van der Waals surface area contributed by atoms with Crippen molar-refractivity contribution in [2.24, 2.45) is 0 Å². The van der Waals surface area contributed by atoms with E-state index in [1.165, 1.54) is 5.56 Å². The van der Waals surface area contributed by atoms with Crippen molar-refractivity contribution in [3.63, 3.8) is 0 Å². The van der Waals surface area contributed by atoms with Gasteiger partial charge in [-0.1, -0.05) is 27.5 Å². The summed E-state index contributed by atoms with van der Waals surface area (Å²) in [5.74, 6) is 0. The summed E-state index contributed by atoms with van der Waals surface area (Å²) in [4.78, 5) is 0. The van der Waals surface area contributed by atoms with Crippen LogP contribution in [0.2, 0.25) is 0 Å². The van der Waals surface area contributed by atoms with Crippen LogP contribution in [0.25, 0.3) is 11.0 Å². The number of furan rings is 1. The normalized spacial score (nSPS) is 10.8. The van der Waals surface area contributed by atoms with E-state index in [1.54, 1.807) is 6.26 Å². The summed E-state index contributed by atoms with van der Waals surface area (Å²) in [6.07, 6.45) is 1.65. The Bertz CT molecular complexity index is 408. The molecule has 2 radical (unpaired) electrons. The molecule has 0 bridgehead atoms. The van der Waals surface area contributed by atoms with Crippen molar-refractivity contribution >= 4 is 40.2 Å². The van der Waals surface area contributed by atoms with Crippen LogP contribution in [0, 0.1) is 0 Å². The lowest BCUT2D eigenvalue weighted by molar-refractivity contribution is 0.618. The van der Waals surface area contributed by atoms with E-state index in [9.17, 15) is 0 Å². The van der Waals surface area contributed by atoms with E-state index in [1.807, 2.05) is 12.1 Å². The molecule has 0 N–H and O–H groups in total. The Hall–Kier alpha value is -0.695. The summed E-state index contributed by atoms with van der Waals surface area (Å²) in [7, 11) is 5.76. The highest BCUT2D eigenvalue weighted by Gasteiger charge is 2.01. The summed E-state index contributed by atoms with van der Waals surface area (Å²) in [5.41, 5.74) is 2.65. The highest BCUT2D eigenvalue weighted by atomic mass is 79.9. The molecule has 0 amide bonds. The molecular weight excluding hydrogens is 215 g/mol. The Morgan fingerprint density at radius 2 is 2.25 bits per heavy atom. The van der Waals surface area contributed by atoms with Gasteiger partial charge in [0.15, 0.2) is 0 Å². The Labute approximate surface area is 80.3 Å². The fourth-order valence-electron chi connectivity index (χ4n) is 1.25. The third-order valence-corrected chi connectivity index (χ3v) is 2.44. The second-order valence-electron chi connectivity index (χ2n) is 2.66. The van der Waals surface area contributed by atoms with Gasteiger partial charge in [0.05, 0.1) is 6.26 Å². The molecule has 0 aliphatic carbocycles. The first kappa shape index (κ1) is 7.93. The molecule has 0 aliphatic rings. The third kappa shape index (κ3) is 1.18. The maximum Gasteiger partial charge on any atom is 0.126 e. The van der Waals surface area contributed by atoms with Crippen LogP contribution in [0.4, 0.5) is 0 Å². The zero-order valence-electron chi connectivity index (χ0n) is 6.38. The topological polar surface area (TPSA) is 13.1 Å². The van der Waals surface area contributed by atoms with Crippen molar-refractivity contribution in [3.8, 4) is 0 Å².